The first kappa shape index (κ1) is 139. The van der Waals surface area contributed by atoms with Crippen molar-refractivity contribution < 1.29 is 201 Å². The van der Waals surface area contributed by atoms with E-state index in [0.717, 1.165) is 66.0 Å². The van der Waals surface area contributed by atoms with Crippen molar-refractivity contribution >= 4 is 23.7 Å². The smallest absolute Gasteiger partial charge is 0.150 e. The van der Waals surface area contributed by atoms with Gasteiger partial charge >= 0.3 is 0 Å². The van der Waals surface area contributed by atoms with Gasteiger partial charge < -0.3 is 32.1 Å². The molecule has 0 saturated carbocycles. The number of anilines is 2. The minimum absolute atomic E-state index is 0. The second kappa shape index (κ2) is 123. The maximum absolute atomic E-state index is 10.0. The van der Waals surface area contributed by atoms with Crippen molar-refractivity contribution in [3.63, 3.8) is 0 Å². The van der Waals surface area contributed by atoms with E-state index in [9.17, 15) is 4.79 Å². The molecule has 2 saturated heterocycles. The summed E-state index contributed by atoms with van der Waals surface area (Å²) in [5, 5.41) is 0. The predicted octanol–water partition coefficient (Wildman–Crippen LogP) is 27.4. The van der Waals surface area contributed by atoms with Crippen LogP contribution < -0.4 is 9.80 Å². The minimum Gasteiger partial charge on any atom is -0.358 e. The molecule has 0 bridgehead atoms. The van der Waals surface area contributed by atoms with Gasteiger partial charge in [-0.05, 0) is 74.6 Å². The summed E-state index contributed by atoms with van der Waals surface area (Å²) in [6, 6.07) is 50.2. The average Bonchev–Trinajstić information content (AvgIpc) is 4.03. The third kappa shape index (κ3) is 80.5. The summed E-state index contributed by atoms with van der Waals surface area (Å²) in [5.41, 5.74) is 12.4. The van der Waals surface area contributed by atoms with Gasteiger partial charge in [0.25, 0.3) is 0 Å². The number of hydrogen-bond donors (Lipinski definition) is 0. The zero-order chi connectivity index (χ0) is 62.4. The summed E-state index contributed by atoms with van der Waals surface area (Å²) in [7, 11) is 0. The molecule has 6 radical (unpaired) electrons. The van der Waals surface area contributed by atoms with Crippen LogP contribution in [0.3, 0.4) is 0 Å². The van der Waals surface area contributed by atoms with E-state index in [-0.39, 0.29) is 219 Å². The normalized spacial score (nSPS) is 9.27. The van der Waals surface area contributed by atoms with Crippen molar-refractivity contribution in [3.05, 3.63) is 257 Å². The average molecular weight is 1640 g/mol. The van der Waals surface area contributed by atoms with Crippen LogP contribution in [0.2, 0.25) is 0 Å². The van der Waals surface area contributed by atoms with Crippen LogP contribution in [-0.4, -0.2) is 6.29 Å². The van der Waals surface area contributed by atoms with Crippen LogP contribution in [0.5, 0.6) is 0 Å². The van der Waals surface area contributed by atoms with Crippen molar-refractivity contribution in [3.8, 4) is 0 Å². The Morgan fingerprint density at radius 2 is 0.628 bits per heavy atom. The number of nitrogens with zero attached hydrogens (tertiary/aromatic N) is 2. The summed E-state index contributed by atoms with van der Waals surface area (Å²) in [4.78, 5) is 14.3. The van der Waals surface area contributed by atoms with Gasteiger partial charge in [-0.25, -0.2) is 0 Å². The number of carbonyl (C=O) groups is 1. The van der Waals surface area contributed by atoms with Crippen molar-refractivity contribution in [2.45, 2.75) is 213 Å². The quantitative estimate of drug-likeness (QED) is 0.0995. The molecule has 2 fully saturated rings. The third-order valence-corrected chi connectivity index (χ3v) is 8.33. The van der Waals surface area contributed by atoms with E-state index in [1.54, 1.807) is 12.1 Å². The minimum atomic E-state index is 0. The molecule has 2 heterocycles. The van der Waals surface area contributed by atoms with Crippen LogP contribution in [0.25, 0.3) is 6.08 Å². The SMILES string of the molecule is C=C(C)CC.C=C1CC(=Cc2ccccc2)C(=C)N1c1ccccc1.C=C1CCC(=C)N1c1ccccc1.CC.CC.CC.CC.CC.CC.CC.CC.CC.CC.CC.CC.Cc1ccccc1.O=Cc1ccccc1.[CH3-].[CH3-].[CH3-].[Y].[Y].[Y].[Y].[Y].[Y]. The molecule has 480 valence electrons. The third-order valence-electron chi connectivity index (χ3n) is 8.33. The first-order valence-electron chi connectivity index (χ1n) is 30.0. The van der Waals surface area contributed by atoms with Crippen LogP contribution in [0.1, 0.15) is 227 Å². The van der Waals surface area contributed by atoms with Gasteiger partial charge in [-0.1, -0.05) is 338 Å². The Morgan fingerprint density at radius 1 is 0.395 bits per heavy atom. The zero-order valence-electron chi connectivity index (χ0n) is 62.2. The van der Waals surface area contributed by atoms with E-state index in [1.165, 1.54) is 28.0 Å². The molecular formula is C77H135N2OY6-3. The Labute approximate surface area is 694 Å². The molecule has 0 N–H and O–H groups in total. The zero-order valence-corrected chi connectivity index (χ0v) is 79.2. The number of aldehydes is 1. The fraction of sp³-hybridized carbons (Fsp3) is 0.403. The molecule has 0 spiro atoms. The number of allylic oxidation sites excluding steroid dienone is 5. The van der Waals surface area contributed by atoms with Gasteiger partial charge in [-0.2, -0.15) is 0 Å². The van der Waals surface area contributed by atoms with Crippen molar-refractivity contribution in [1.82, 2.24) is 0 Å². The first-order valence-corrected chi connectivity index (χ1v) is 30.0. The summed E-state index contributed by atoms with van der Waals surface area (Å²) in [5.74, 6) is 0. The second-order valence-electron chi connectivity index (χ2n) is 12.7. The molecule has 9 heteroatoms. The maximum atomic E-state index is 10.0. The van der Waals surface area contributed by atoms with E-state index in [0.29, 0.717) is 0 Å². The van der Waals surface area contributed by atoms with E-state index in [4.69, 9.17) is 0 Å². The predicted molar refractivity (Wildman–Crippen MR) is 386 cm³/mol. The number of aryl methyl sites for hydroxylation is 1. The van der Waals surface area contributed by atoms with Crippen LogP contribution in [0.15, 0.2) is 218 Å². The van der Waals surface area contributed by atoms with Crippen molar-refractivity contribution in [2.75, 3.05) is 9.80 Å². The molecule has 2 aliphatic heterocycles. The molecule has 7 rings (SSSR count). The van der Waals surface area contributed by atoms with E-state index >= 15 is 0 Å². The monoisotopic (exact) mass is 1640 g/mol. The molecule has 5 aromatic carbocycles. The molecule has 3 nitrogen and oxygen atoms in total. The van der Waals surface area contributed by atoms with Gasteiger partial charge in [-0.3, -0.25) is 4.79 Å². The second-order valence-corrected chi connectivity index (χ2v) is 12.7. The molecular weight excluding hydrogens is 1500 g/mol. The Kier molecular flexibility index (Phi) is 198. The van der Waals surface area contributed by atoms with E-state index in [1.807, 2.05) is 264 Å². The standard InChI is InChI=1S/C19H17N.C12H13N.C7H6O.C7H8.C5H10.12C2H6.3CH3.6Y/c1-15-13-18(14-17-9-5-3-6-10-17)16(2)20(15)19-11-7-4-8-12-19;1-10-8-9-11(2)13(10)12-6-4-3-5-7-12;8-6-7-4-2-1-3-5-7;1-7-5-3-2-4-6-7;1-4-5(2)3;12*1-2;;;;;;;;;/h3-12,14H,1-2,13H2;3-7H,1-2,8-9H2;1-6H;2-6H,1H3;2,4H2,1,3H3;12*1-2H3;3*1H3;;;;;;/q;;;;;;;;;;;;;;;;;3*-1;;;;;;. The number of benzene rings is 5. The molecule has 2 aliphatic rings. The summed E-state index contributed by atoms with van der Waals surface area (Å²) in [6.07, 6.45) is 7.06. The van der Waals surface area contributed by atoms with Gasteiger partial charge in [0.15, 0.2) is 0 Å². The molecule has 0 aliphatic carbocycles. The van der Waals surface area contributed by atoms with Crippen LogP contribution in [0.4, 0.5) is 11.4 Å². The fourth-order valence-corrected chi connectivity index (χ4v) is 5.28. The summed E-state index contributed by atoms with van der Waals surface area (Å²) < 4.78 is 0. The van der Waals surface area contributed by atoms with Gasteiger partial charge in [0.05, 0.1) is 0 Å². The molecule has 0 unspecified atom stereocenters. The Balaban J connectivity index is -0.0000000358. The van der Waals surface area contributed by atoms with E-state index < -0.39 is 0 Å². The summed E-state index contributed by atoms with van der Waals surface area (Å²) in [6.45, 7) is 74.4. The van der Waals surface area contributed by atoms with Crippen LogP contribution in [0, 0.1) is 29.2 Å². The largest absolute Gasteiger partial charge is 0.358 e. The molecule has 0 aromatic heterocycles. The molecule has 0 amide bonds. The van der Waals surface area contributed by atoms with Crippen LogP contribution >= 0.6 is 0 Å². The van der Waals surface area contributed by atoms with Crippen molar-refractivity contribution in [2.24, 2.45) is 0 Å². The number of hydrogen-bond acceptors (Lipinski definition) is 3. The summed E-state index contributed by atoms with van der Waals surface area (Å²) >= 11 is 0. The Morgan fingerprint density at radius 3 is 0.849 bits per heavy atom. The van der Waals surface area contributed by atoms with Crippen LogP contribution in [-0.2, 0) is 196 Å². The first-order chi connectivity index (χ1) is 37.6. The van der Waals surface area contributed by atoms with Gasteiger partial charge in [0.2, 0.25) is 0 Å². The Bertz CT molecular complexity index is 1940. The fourth-order valence-electron chi connectivity index (χ4n) is 5.28. The van der Waals surface area contributed by atoms with Gasteiger partial charge in [-0.15, -0.1) is 6.58 Å². The molecule has 5 aromatic rings. The number of para-hydroxylation sites is 2. The maximum Gasteiger partial charge on any atom is 0.150 e. The molecule has 0 atom stereocenters. The molecule has 86 heavy (non-hydrogen) atoms. The Hall–Kier alpha value is 0.433. The topological polar surface area (TPSA) is 23.6 Å². The van der Waals surface area contributed by atoms with Gasteiger partial charge in [0.1, 0.15) is 6.29 Å². The number of carbonyl (C=O) groups excluding carboxylic acids is 1. The van der Waals surface area contributed by atoms with E-state index in [2.05, 4.69) is 111 Å². The van der Waals surface area contributed by atoms with Gasteiger partial charge in [0, 0.05) is 242 Å². The number of rotatable bonds is 5. The van der Waals surface area contributed by atoms with Crippen molar-refractivity contribution in [1.29, 1.82) is 0 Å².